The Hall–Kier alpha value is -2.38. The molecule has 2 rings (SSSR count). The van der Waals surface area contributed by atoms with Gasteiger partial charge in [-0.2, -0.15) is 0 Å². The van der Waals surface area contributed by atoms with Gasteiger partial charge in [0.05, 0.1) is 6.42 Å². The zero-order valence-electron chi connectivity index (χ0n) is 15.5. The first kappa shape index (κ1) is 21.9. The Morgan fingerprint density at radius 1 is 0.929 bits per heavy atom. The number of benzene rings is 2. The first-order valence-corrected chi connectivity index (χ1v) is 9.70. The number of hydrogen-bond donors (Lipinski definition) is 2. The molecule has 2 amide bonds. The third-order valence-corrected chi connectivity index (χ3v) is 5.15. The van der Waals surface area contributed by atoms with Crippen molar-refractivity contribution in [3.8, 4) is 0 Å². The number of amides is 2. The number of rotatable bonds is 7. The second-order valence-corrected chi connectivity index (χ2v) is 7.40. The van der Waals surface area contributed by atoms with Crippen LogP contribution in [0.25, 0.3) is 0 Å². The van der Waals surface area contributed by atoms with Crippen LogP contribution in [0.3, 0.4) is 0 Å². The van der Waals surface area contributed by atoms with Crippen molar-refractivity contribution in [1.82, 2.24) is 0 Å². The van der Waals surface area contributed by atoms with Gasteiger partial charge in [-0.1, -0.05) is 27.5 Å². The fraction of sp³-hybridized carbons (Fsp3) is 0.250. The SMILES string of the molecule is Cc1c(Br)ccc(NC(=O)COC(=O)CCC(=O)Nc2ccc(Cl)cc2)c1C. The summed E-state index contributed by atoms with van der Waals surface area (Å²) in [5.74, 6) is -1.39. The topological polar surface area (TPSA) is 84.5 Å². The maximum absolute atomic E-state index is 12.0. The van der Waals surface area contributed by atoms with Crippen LogP contribution in [-0.2, 0) is 19.1 Å². The number of ether oxygens (including phenoxy) is 1. The molecular weight excluding hydrogens is 448 g/mol. The second kappa shape index (κ2) is 10.2. The van der Waals surface area contributed by atoms with Crippen molar-refractivity contribution >= 4 is 56.7 Å². The molecule has 0 saturated heterocycles. The van der Waals surface area contributed by atoms with Crippen LogP contribution in [0.15, 0.2) is 40.9 Å². The van der Waals surface area contributed by atoms with Crippen LogP contribution in [0.4, 0.5) is 11.4 Å². The van der Waals surface area contributed by atoms with E-state index < -0.39 is 18.5 Å². The minimum atomic E-state index is -0.620. The maximum Gasteiger partial charge on any atom is 0.306 e. The molecule has 0 bridgehead atoms. The summed E-state index contributed by atoms with van der Waals surface area (Å²) < 4.78 is 5.88. The van der Waals surface area contributed by atoms with E-state index in [9.17, 15) is 14.4 Å². The molecule has 2 aromatic carbocycles. The first-order chi connectivity index (χ1) is 13.3. The summed E-state index contributed by atoms with van der Waals surface area (Å²) in [6, 6.07) is 10.2. The van der Waals surface area contributed by atoms with Crippen LogP contribution in [0.2, 0.25) is 5.02 Å². The number of nitrogens with one attached hydrogen (secondary N) is 2. The molecule has 2 aromatic rings. The average Bonchev–Trinajstić information content (AvgIpc) is 2.67. The van der Waals surface area contributed by atoms with Crippen molar-refractivity contribution in [2.24, 2.45) is 0 Å². The molecule has 148 valence electrons. The van der Waals surface area contributed by atoms with Gasteiger partial charge >= 0.3 is 5.97 Å². The number of hydrogen-bond acceptors (Lipinski definition) is 4. The Morgan fingerprint density at radius 3 is 2.29 bits per heavy atom. The molecule has 0 aromatic heterocycles. The fourth-order valence-corrected chi connectivity index (χ4v) is 2.86. The molecule has 6 nitrogen and oxygen atoms in total. The Balaban J connectivity index is 1.73. The van der Waals surface area contributed by atoms with Crippen LogP contribution in [-0.4, -0.2) is 24.4 Å². The predicted octanol–water partition coefficient (Wildman–Crippen LogP) is 4.62. The van der Waals surface area contributed by atoms with Crippen molar-refractivity contribution in [1.29, 1.82) is 0 Å². The summed E-state index contributed by atoms with van der Waals surface area (Å²) in [5, 5.41) is 5.92. The van der Waals surface area contributed by atoms with Crippen LogP contribution in [0.5, 0.6) is 0 Å². The van der Waals surface area contributed by atoms with E-state index >= 15 is 0 Å². The average molecular weight is 468 g/mol. The van der Waals surface area contributed by atoms with Gasteiger partial charge in [0.1, 0.15) is 0 Å². The van der Waals surface area contributed by atoms with Crippen molar-refractivity contribution in [2.75, 3.05) is 17.2 Å². The Kier molecular flexibility index (Phi) is 8.02. The van der Waals surface area contributed by atoms with Gasteiger partial charge in [0, 0.05) is 27.3 Å². The number of carbonyl (C=O) groups excluding carboxylic acids is 3. The monoisotopic (exact) mass is 466 g/mol. The Morgan fingerprint density at radius 2 is 1.61 bits per heavy atom. The number of esters is 1. The van der Waals surface area contributed by atoms with Gasteiger partial charge < -0.3 is 15.4 Å². The number of halogens is 2. The summed E-state index contributed by atoms with van der Waals surface area (Å²) in [5.41, 5.74) is 3.18. The van der Waals surface area contributed by atoms with Gasteiger partial charge in [-0.05, 0) is 61.4 Å². The van der Waals surface area contributed by atoms with Crippen LogP contribution in [0, 0.1) is 13.8 Å². The van der Waals surface area contributed by atoms with Gasteiger partial charge in [-0.15, -0.1) is 0 Å². The standard InChI is InChI=1S/C20H20BrClN2O4/c1-12-13(2)17(8-7-16(12)21)24-19(26)11-28-20(27)10-9-18(25)23-15-5-3-14(22)4-6-15/h3-8H,9-11H2,1-2H3,(H,23,25)(H,24,26). The summed E-state index contributed by atoms with van der Waals surface area (Å²) in [6.45, 7) is 3.41. The lowest BCUT2D eigenvalue weighted by atomic mass is 10.1. The molecule has 0 saturated carbocycles. The Labute approximate surface area is 176 Å². The van der Waals surface area contributed by atoms with E-state index in [1.54, 1.807) is 30.3 Å². The van der Waals surface area contributed by atoms with Crippen molar-refractivity contribution < 1.29 is 19.1 Å². The van der Waals surface area contributed by atoms with Crippen LogP contribution < -0.4 is 10.6 Å². The third-order valence-electron chi connectivity index (χ3n) is 4.04. The van der Waals surface area contributed by atoms with E-state index in [0.717, 1.165) is 15.6 Å². The zero-order chi connectivity index (χ0) is 20.7. The summed E-state index contributed by atoms with van der Waals surface area (Å²) in [6.07, 6.45) is -0.169. The van der Waals surface area contributed by atoms with Gasteiger partial charge in [-0.3, -0.25) is 14.4 Å². The van der Waals surface area contributed by atoms with E-state index in [0.29, 0.717) is 16.4 Å². The van der Waals surface area contributed by atoms with Gasteiger partial charge in [-0.25, -0.2) is 0 Å². The van der Waals surface area contributed by atoms with Crippen molar-refractivity contribution in [3.05, 3.63) is 57.0 Å². The smallest absolute Gasteiger partial charge is 0.306 e. The molecule has 0 radical (unpaired) electrons. The molecule has 2 N–H and O–H groups in total. The Bertz CT molecular complexity index is 885. The van der Waals surface area contributed by atoms with Crippen molar-refractivity contribution in [3.63, 3.8) is 0 Å². The van der Waals surface area contributed by atoms with E-state index in [1.165, 1.54) is 0 Å². The lowest BCUT2D eigenvalue weighted by molar-refractivity contribution is -0.147. The molecule has 28 heavy (non-hydrogen) atoms. The molecule has 0 spiro atoms. The maximum atomic E-state index is 12.0. The second-order valence-electron chi connectivity index (χ2n) is 6.11. The first-order valence-electron chi connectivity index (χ1n) is 8.53. The molecule has 0 atom stereocenters. The molecule has 0 aliphatic heterocycles. The van der Waals surface area contributed by atoms with Crippen LogP contribution in [0.1, 0.15) is 24.0 Å². The van der Waals surface area contributed by atoms with Gasteiger partial charge in [0.2, 0.25) is 5.91 Å². The third kappa shape index (κ3) is 6.65. The molecule has 0 aliphatic carbocycles. The minimum absolute atomic E-state index is 0.0475. The highest BCUT2D eigenvalue weighted by Gasteiger charge is 2.12. The molecule has 8 heteroatoms. The minimum Gasteiger partial charge on any atom is -0.456 e. The highest BCUT2D eigenvalue weighted by atomic mass is 79.9. The van der Waals surface area contributed by atoms with Crippen LogP contribution >= 0.6 is 27.5 Å². The number of anilines is 2. The largest absolute Gasteiger partial charge is 0.456 e. The predicted molar refractivity (Wildman–Crippen MR) is 113 cm³/mol. The molecular formula is C20H20BrClN2O4. The number of carbonyl (C=O) groups is 3. The molecule has 0 fully saturated rings. The molecule has 0 aliphatic rings. The van der Waals surface area contributed by atoms with Gasteiger partial charge in [0.25, 0.3) is 5.91 Å². The summed E-state index contributed by atoms with van der Waals surface area (Å²) in [7, 11) is 0. The normalized spacial score (nSPS) is 10.3. The highest BCUT2D eigenvalue weighted by molar-refractivity contribution is 9.10. The zero-order valence-corrected chi connectivity index (χ0v) is 17.8. The quantitative estimate of drug-likeness (QED) is 0.582. The molecule has 0 unspecified atom stereocenters. The summed E-state index contributed by atoms with van der Waals surface area (Å²) in [4.78, 5) is 35.6. The lowest BCUT2D eigenvalue weighted by Gasteiger charge is -2.12. The van der Waals surface area contributed by atoms with E-state index in [4.69, 9.17) is 16.3 Å². The fourth-order valence-electron chi connectivity index (χ4n) is 2.30. The van der Waals surface area contributed by atoms with E-state index in [1.807, 2.05) is 19.9 Å². The van der Waals surface area contributed by atoms with E-state index in [2.05, 4.69) is 26.6 Å². The van der Waals surface area contributed by atoms with Crippen molar-refractivity contribution in [2.45, 2.75) is 26.7 Å². The highest BCUT2D eigenvalue weighted by Crippen LogP contribution is 2.25. The van der Waals surface area contributed by atoms with E-state index in [-0.39, 0.29) is 18.7 Å². The summed E-state index contributed by atoms with van der Waals surface area (Å²) >= 11 is 9.21. The molecule has 0 heterocycles. The van der Waals surface area contributed by atoms with Gasteiger partial charge in [0.15, 0.2) is 6.61 Å². The lowest BCUT2D eigenvalue weighted by Crippen LogP contribution is -2.22.